The maximum Gasteiger partial charge on any atom is 0.170 e. The Kier molecular flexibility index (Phi) is 4.09. The summed E-state index contributed by atoms with van der Waals surface area (Å²) in [5.74, 6) is 0.756. The molecule has 1 aliphatic heterocycles. The van der Waals surface area contributed by atoms with Crippen LogP contribution in [0.4, 0.5) is 0 Å². The van der Waals surface area contributed by atoms with E-state index in [1.807, 2.05) is 24.3 Å². The van der Waals surface area contributed by atoms with E-state index in [9.17, 15) is 9.90 Å². The molecule has 5 heteroatoms. The zero-order valence-corrected chi connectivity index (χ0v) is 14.2. The molecule has 2 N–H and O–H groups in total. The normalized spacial score (nSPS) is 30.0. The number of nitrogens with zero attached hydrogens (tertiary/aromatic N) is 1. The number of ketones is 1. The summed E-state index contributed by atoms with van der Waals surface area (Å²) in [6.07, 6.45) is 5.42. The number of nitrogens with one attached hydrogen (secondary N) is 1. The Morgan fingerprint density at radius 3 is 2.58 bits per heavy atom. The summed E-state index contributed by atoms with van der Waals surface area (Å²) in [4.78, 5) is 17.4. The summed E-state index contributed by atoms with van der Waals surface area (Å²) in [6.45, 7) is 0. The van der Waals surface area contributed by atoms with Gasteiger partial charge in [0.25, 0.3) is 0 Å². The van der Waals surface area contributed by atoms with Crippen molar-refractivity contribution in [3.63, 3.8) is 0 Å². The van der Waals surface area contributed by atoms with Crippen LogP contribution >= 0.6 is 11.6 Å². The molecule has 3 aliphatic rings. The van der Waals surface area contributed by atoms with Crippen LogP contribution in [0, 0.1) is 0 Å². The maximum atomic E-state index is 12.7. The van der Waals surface area contributed by atoms with Crippen molar-refractivity contribution < 1.29 is 9.90 Å². The summed E-state index contributed by atoms with van der Waals surface area (Å²) in [7, 11) is 0. The second kappa shape index (κ2) is 6.25. The lowest BCUT2D eigenvalue weighted by Gasteiger charge is -2.25. The Labute approximate surface area is 146 Å². The van der Waals surface area contributed by atoms with Gasteiger partial charge in [0.1, 0.15) is 11.6 Å². The maximum absolute atomic E-state index is 12.7. The van der Waals surface area contributed by atoms with E-state index in [0.717, 1.165) is 18.4 Å². The molecule has 1 saturated carbocycles. The first-order valence-electron chi connectivity index (χ1n) is 8.67. The molecule has 0 aromatic heterocycles. The van der Waals surface area contributed by atoms with E-state index in [1.54, 1.807) is 0 Å². The fourth-order valence-corrected chi connectivity index (χ4v) is 4.21. The lowest BCUT2D eigenvalue weighted by molar-refractivity contribution is -0.116. The molecule has 4 nitrogen and oxygen atoms in total. The van der Waals surface area contributed by atoms with E-state index < -0.39 is 0 Å². The van der Waals surface area contributed by atoms with Crippen LogP contribution in [-0.4, -0.2) is 28.8 Å². The van der Waals surface area contributed by atoms with E-state index in [1.165, 1.54) is 12.8 Å². The number of carbonyl (C=O) groups is 1. The number of fused-ring (bicyclic) bond motifs is 1. The van der Waals surface area contributed by atoms with Crippen molar-refractivity contribution in [3.05, 3.63) is 46.2 Å². The highest BCUT2D eigenvalue weighted by molar-refractivity contribution is 6.30. The number of allylic oxidation sites excluding steroid dienone is 1. The van der Waals surface area contributed by atoms with Gasteiger partial charge >= 0.3 is 0 Å². The molecule has 1 aromatic carbocycles. The van der Waals surface area contributed by atoms with Crippen molar-refractivity contribution in [2.45, 2.75) is 56.5 Å². The summed E-state index contributed by atoms with van der Waals surface area (Å²) in [5.41, 5.74) is 1.45. The second-order valence-electron chi connectivity index (χ2n) is 6.98. The third-order valence-corrected chi connectivity index (χ3v) is 5.62. The molecule has 0 saturated heterocycles. The van der Waals surface area contributed by atoms with Gasteiger partial charge in [0, 0.05) is 23.9 Å². The molecule has 2 aliphatic carbocycles. The minimum atomic E-state index is -0.0244. The van der Waals surface area contributed by atoms with Gasteiger partial charge in [0.05, 0.1) is 11.6 Å². The molecule has 126 valence electrons. The number of hydrogen-bond acceptors (Lipinski definition) is 4. The van der Waals surface area contributed by atoms with Crippen molar-refractivity contribution >= 4 is 23.2 Å². The molecule has 1 heterocycles. The van der Waals surface area contributed by atoms with Gasteiger partial charge < -0.3 is 10.4 Å². The molecule has 0 spiro atoms. The van der Waals surface area contributed by atoms with Crippen LogP contribution in [0.15, 0.2) is 40.6 Å². The fourth-order valence-electron chi connectivity index (χ4n) is 4.08. The minimum absolute atomic E-state index is 0.00259. The number of carbonyl (C=O) groups excluding carboxylic acids is 1. The van der Waals surface area contributed by atoms with Gasteiger partial charge in [-0.15, -0.1) is 0 Å². The van der Waals surface area contributed by atoms with Gasteiger partial charge in [-0.1, -0.05) is 36.6 Å². The predicted molar refractivity (Wildman–Crippen MR) is 94.7 cm³/mol. The Morgan fingerprint density at radius 1 is 1.12 bits per heavy atom. The predicted octanol–water partition coefficient (Wildman–Crippen LogP) is 3.91. The number of halogens is 1. The van der Waals surface area contributed by atoms with Crippen LogP contribution in [-0.2, 0) is 4.79 Å². The first kappa shape index (κ1) is 15.7. The van der Waals surface area contributed by atoms with Gasteiger partial charge in [-0.3, -0.25) is 9.79 Å². The zero-order chi connectivity index (χ0) is 16.7. The van der Waals surface area contributed by atoms with Crippen molar-refractivity contribution in [1.29, 1.82) is 0 Å². The lowest BCUT2D eigenvalue weighted by atomic mass is 9.82. The highest BCUT2D eigenvalue weighted by atomic mass is 35.5. The molecule has 24 heavy (non-hydrogen) atoms. The fraction of sp³-hybridized carbons (Fsp3) is 0.474. The van der Waals surface area contributed by atoms with Crippen molar-refractivity contribution in [2.24, 2.45) is 4.99 Å². The zero-order valence-electron chi connectivity index (χ0n) is 13.5. The molecule has 0 bridgehead atoms. The monoisotopic (exact) mass is 344 g/mol. The van der Waals surface area contributed by atoms with Gasteiger partial charge in [-0.25, -0.2) is 0 Å². The Hall–Kier alpha value is -1.81. The number of rotatable bonds is 2. The van der Waals surface area contributed by atoms with Crippen LogP contribution in [0.5, 0.6) is 0 Å². The molecule has 1 aromatic rings. The number of aliphatic imine (C=N–C) groups is 1. The summed E-state index contributed by atoms with van der Waals surface area (Å²) < 4.78 is 0. The molecule has 1 fully saturated rings. The van der Waals surface area contributed by atoms with Crippen molar-refractivity contribution in [2.75, 3.05) is 0 Å². The Balaban J connectivity index is 1.57. The number of hydrogen-bond donors (Lipinski definition) is 2. The molecule has 1 unspecified atom stereocenters. The topological polar surface area (TPSA) is 61.7 Å². The van der Waals surface area contributed by atoms with Crippen LogP contribution in [0.25, 0.3) is 0 Å². The largest absolute Gasteiger partial charge is 0.511 e. The highest BCUT2D eigenvalue weighted by Gasteiger charge is 2.37. The second-order valence-corrected chi connectivity index (χ2v) is 7.42. The average Bonchev–Trinajstić information content (AvgIpc) is 2.98. The summed E-state index contributed by atoms with van der Waals surface area (Å²) in [6, 6.07) is 8.10. The smallest absolute Gasteiger partial charge is 0.170 e. The lowest BCUT2D eigenvalue weighted by Crippen LogP contribution is -2.39. The average molecular weight is 345 g/mol. The number of aliphatic hydroxyl groups is 1. The van der Waals surface area contributed by atoms with Gasteiger partial charge in [0.2, 0.25) is 0 Å². The third-order valence-electron chi connectivity index (χ3n) is 5.36. The molecular weight excluding hydrogens is 324 g/mol. The van der Waals surface area contributed by atoms with Crippen LogP contribution in [0.3, 0.4) is 0 Å². The molecule has 4 rings (SSSR count). The van der Waals surface area contributed by atoms with Gasteiger partial charge in [-0.05, 0) is 36.5 Å². The quantitative estimate of drug-likeness (QED) is 0.855. The van der Waals surface area contributed by atoms with E-state index in [2.05, 4.69) is 5.32 Å². The minimum Gasteiger partial charge on any atom is -0.511 e. The molecule has 0 radical (unpaired) electrons. The molecular formula is C19H21ClN2O2. The van der Waals surface area contributed by atoms with Crippen LogP contribution in [0.2, 0.25) is 5.02 Å². The van der Waals surface area contributed by atoms with Crippen molar-refractivity contribution in [3.8, 4) is 0 Å². The van der Waals surface area contributed by atoms with E-state index in [-0.39, 0.29) is 23.5 Å². The van der Waals surface area contributed by atoms with E-state index >= 15 is 0 Å². The van der Waals surface area contributed by atoms with Gasteiger partial charge in [-0.2, -0.15) is 0 Å². The highest BCUT2D eigenvalue weighted by Crippen LogP contribution is 2.36. The molecule has 0 amide bonds. The third kappa shape index (κ3) is 2.84. The van der Waals surface area contributed by atoms with Crippen molar-refractivity contribution in [1.82, 2.24) is 5.32 Å². The standard InChI is InChI=1S/C19H21ClN2O2/c20-13-7-5-11(6-8-13)12-9-16(23)18(17(24)10-12)19-21-14-3-1-2-4-15(14)22-19/h5-8,12,14-15,23H,1-4,9-10H2,(H,21,22)/t12?,14-,15+. The van der Waals surface area contributed by atoms with Gasteiger partial charge in [0.15, 0.2) is 5.78 Å². The first-order valence-corrected chi connectivity index (χ1v) is 9.05. The number of benzene rings is 1. The van der Waals surface area contributed by atoms with Crippen LogP contribution < -0.4 is 5.32 Å². The van der Waals surface area contributed by atoms with Crippen LogP contribution in [0.1, 0.15) is 50.0 Å². The number of aliphatic hydroxyl groups excluding tert-OH is 1. The number of amidine groups is 1. The summed E-state index contributed by atoms with van der Waals surface area (Å²) in [5, 5.41) is 14.6. The summed E-state index contributed by atoms with van der Waals surface area (Å²) >= 11 is 5.93. The van der Waals surface area contributed by atoms with E-state index in [0.29, 0.717) is 35.3 Å². The first-order chi connectivity index (χ1) is 11.6. The Bertz CT molecular complexity index is 723. The SMILES string of the molecule is O=C1CC(c2ccc(Cl)cc2)CC(O)=C1C1=N[C@H]2CCCC[C@H]2N1. The Morgan fingerprint density at radius 2 is 1.88 bits per heavy atom. The van der Waals surface area contributed by atoms with E-state index in [4.69, 9.17) is 16.6 Å². The number of Topliss-reactive ketones (excluding diaryl/α,β-unsaturated/α-hetero) is 1. The molecule has 3 atom stereocenters.